The summed E-state index contributed by atoms with van der Waals surface area (Å²) in [4.78, 5) is 15.4. The Morgan fingerprint density at radius 2 is 1.95 bits per heavy atom. The zero-order valence-electron chi connectivity index (χ0n) is 12.7. The van der Waals surface area contributed by atoms with Crippen LogP contribution in [0.3, 0.4) is 0 Å². The molecule has 0 unspecified atom stereocenters. The fraction of sp³-hybridized carbons (Fsp3) is 0.294. The van der Waals surface area contributed by atoms with Crippen molar-refractivity contribution in [3.05, 3.63) is 53.2 Å². The third-order valence-corrected chi connectivity index (χ3v) is 3.25. The Bertz CT molecular complexity index is 672. The average Bonchev–Trinajstić information content (AvgIpc) is 2.37. The number of aromatic carboxylic acids is 1. The number of carboxylic acids is 1. The normalized spacial score (nSPS) is 11.2. The molecule has 0 saturated heterocycles. The van der Waals surface area contributed by atoms with Gasteiger partial charge in [-0.05, 0) is 41.7 Å². The molecule has 0 aliphatic heterocycles. The molecule has 2 rings (SSSR count). The minimum Gasteiger partial charge on any atom is -0.477 e. The maximum Gasteiger partial charge on any atom is 0.341 e. The molecule has 0 aliphatic rings. The number of benzene rings is 1. The van der Waals surface area contributed by atoms with E-state index in [0.717, 1.165) is 5.56 Å². The summed E-state index contributed by atoms with van der Waals surface area (Å²) < 4.78 is 5.70. The highest BCUT2D eigenvalue weighted by molar-refractivity contribution is 5.91. The zero-order chi connectivity index (χ0) is 15.6. The number of pyridine rings is 1. The molecule has 2 aromatic rings. The van der Waals surface area contributed by atoms with Crippen LogP contribution in [-0.4, -0.2) is 16.1 Å². The van der Waals surface area contributed by atoms with Gasteiger partial charge in [-0.15, -0.1) is 0 Å². The maximum absolute atomic E-state index is 11.3. The summed E-state index contributed by atoms with van der Waals surface area (Å²) in [7, 11) is 0. The number of hydrogen-bond acceptors (Lipinski definition) is 3. The second kappa shape index (κ2) is 5.56. The number of aryl methyl sites for hydroxylation is 1. The summed E-state index contributed by atoms with van der Waals surface area (Å²) >= 11 is 0. The third-order valence-electron chi connectivity index (χ3n) is 3.25. The molecular formula is C17H19NO3. The van der Waals surface area contributed by atoms with E-state index in [2.05, 4.69) is 25.8 Å². The molecular weight excluding hydrogens is 266 g/mol. The highest BCUT2D eigenvalue weighted by Gasteiger charge is 2.18. The van der Waals surface area contributed by atoms with Crippen molar-refractivity contribution in [3.63, 3.8) is 0 Å². The SMILES string of the molecule is Cc1ccnc(Oc2cccc(C(C)(C)C)c2)c1C(=O)O. The molecule has 0 fully saturated rings. The zero-order valence-corrected chi connectivity index (χ0v) is 12.7. The summed E-state index contributed by atoms with van der Waals surface area (Å²) in [5.74, 6) is -0.334. The molecule has 4 heteroatoms. The molecule has 0 radical (unpaired) electrons. The minimum atomic E-state index is -1.04. The van der Waals surface area contributed by atoms with Gasteiger partial charge < -0.3 is 9.84 Å². The lowest BCUT2D eigenvalue weighted by atomic mass is 9.87. The molecule has 0 aliphatic carbocycles. The molecule has 0 amide bonds. The quantitative estimate of drug-likeness (QED) is 0.919. The van der Waals surface area contributed by atoms with E-state index < -0.39 is 5.97 Å². The molecule has 0 spiro atoms. The van der Waals surface area contributed by atoms with E-state index in [1.165, 1.54) is 0 Å². The van der Waals surface area contributed by atoms with Crippen molar-refractivity contribution in [1.82, 2.24) is 4.98 Å². The lowest BCUT2D eigenvalue weighted by Crippen LogP contribution is -2.11. The smallest absolute Gasteiger partial charge is 0.341 e. The van der Waals surface area contributed by atoms with Crippen molar-refractivity contribution >= 4 is 5.97 Å². The van der Waals surface area contributed by atoms with Gasteiger partial charge in [0.2, 0.25) is 5.88 Å². The summed E-state index contributed by atoms with van der Waals surface area (Å²) in [5, 5.41) is 9.29. The Kier molecular flexibility index (Phi) is 3.98. The van der Waals surface area contributed by atoms with E-state index in [-0.39, 0.29) is 16.9 Å². The second-order valence-corrected chi connectivity index (χ2v) is 5.99. The van der Waals surface area contributed by atoms with Crippen LogP contribution < -0.4 is 4.74 Å². The second-order valence-electron chi connectivity index (χ2n) is 5.99. The highest BCUT2D eigenvalue weighted by Crippen LogP contribution is 2.29. The molecule has 1 aromatic heterocycles. The maximum atomic E-state index is 11.3. The summed E-state index contributed by atoms with van der Waals surface area (Å²) in [6.45, 7) is 8.06. The first kappa shape index (κ1) is 15.0. The largest absolute Gasteiger partial charge is 0.477 e. The van der Waals surface area contributed by atoms with Crippen LogP contribution in [0.1, 0.15) is 42.3 Å². The Morgan fingerprint density at radius 1 is 1.24 bits per heavy atom. The highest BCUT2D eigenvalue weighted by atomic mass is 16.5. The predicted molar refractivity (Wildman–Crippen MR) is 81.1 cm³/mol. The standard InChI is InChI=1S/C17H19NO3/c1-11-8-9-18-15(14(11)16(19)20)21-13-7-5-6-12(10-13)17(2,3)4/h5-10H,1-4H3,(H,19,20). The first-order chi connectivity index (χ1) is 9.79. The van der Waals surface area contributed by atoms with Gasteiger partial charge >= 0.3 is 5.97 Å². The summed E-state index contributed by atoms with van der Waals surface area (Å²) in [6.07, 6.45) is 1.55. The Hall–Kier alpha value is -2.36. The van der Waals surface area contributed by atoms with Crippen molar-refractivity contribution in [3.8, 4) is 11.6 Å². The molecule has 1 aromatic carbocycles. The van der Waals surface area contributed by atoms with Crippen LogP contribution in [0.25, 0.3) is 0 Å². The number of hydrogen-bond donors (Lipinski definition) is 1. The molecule has 21 heavy (non-hydrogen) atoms. The molecule has 0 bridgehead atoms. The van der Waals surface area contributed by atoms with Crippen molar-refractivity contribution < 1.29 is 14.6 Å². The first-order valence-corrected chi connectivity index (χ1v) is 6.76. The van der Waals surface area contributed by atoms with E-state index in [4.69, 9.17) is 4.74 Å². The number of carbonyl (C=O) groups is 1. The van der Waals surface area contributed by atoms with E-state index in [9.17, 15) is 9.90 Å². The molecule has 4 nitrogen and oxygen atoms in total. The van der Waals surface area contributed by atoms with Crippen molar-refractivity contribution in [2.45, 2.75) is 33.1 Å². The van der Waals surface area contributed by atoms with Crippen LogP contribution in [0.2, 0.25) is 0 Å². The van der Waals surface area contributed by atoms with E-state index in [1.807, 2.05) is 18.2 Å². The minimum absolute atomic E-state index is 0.00493. The van der Waals surface area contributed by atoms with Crippen LogP contribution in [0.15, 0.2) is 36.5 Å². The molecule has 0 saturated carbocycles. The van der Waals surface area contributed by atoms with Crippen molar-refractivity contribution in [1.29, 1.82) is 0 Å². The molecule has 1 N–H and O–H groups in total. The number of ether oxygens (including phenoxy) is 1. The van der Waals surface area contributed by atoms with Gasteiger partial charge in [-0.25, -0.2) is 9.78 Å². The number of aromatic nitrogens is 1. The van der Waals surface area contributed by atoms with Gasteiger partial charge in [0.1, 0.15) is 11.3 Å². The average molecular weight is 285 g/mol. The van der Waals surface area contributed by atoms with Crippen LogP contribution >= 0.6 is 0 Å². The van der Waals surface area contributed by atoms with Gasteiger partial charge in [-0.2, -0.15) is 0 Å². The van der Waals surface area contributed by atoms with Gasteiger partial charge in [0.05, 0.1) is 0 Å². The lowest BCUT2D eigenvalue weighted by Gasteiger charge is -2.19. The van der Waals surface area contributed by atoms with Gasteiger partial charge in [-0.1, -0.05) is 32.9 Å². The van der Waals surface area contributed by atoms with Crippen LogP contribution in [0, 0.1) is 6.92 Å². The monoisotopic (exact) mass is 285 g/mol. The summed E-state index contributed by atoms with van der Waals surface area (Å²) in [6, 6.07) is 9.28. The van der Waals surface area contributed by atoms with Crippen LogP contribution in [-0.2, 0) is 5.41 Å². The molecule has 110 valence electrons. The molecule has 1 heterocycles. The van der Waals surface area contributed by atoms with Crippen LogP contribution in [0.4, 0.5) is 0 Å². The first-order valence-electron chi connectivity index (χ1n) is 6.76. The fourth-order valence-electron chi connectivity index (χ4n) is 2.01. The van der Waals surface area contributed by atoms with Gasteiger partial charge in [0.15, 0.2) is 0 Å². The molecule has 0 atom stereocenters. The van der Waals surface area contributed by atoms with Crippen molar-refractivity contribution in [2.24, 2.45) is 0 Å². The van der Waals surface area contributed by atoms with Gasteiger partial charge in [0, 0.05) is 6.20 Å². The van der Waals surface area contributed by atoms with E-state index in [0.29, 0.717) is 11.3 Å². The van der Waals surface area contributed by atoms with Crippen LogP contribution in [0.5, 0.6) is 11.6 Å². The fourth-order valence-corrected chi connectivity index (χ4v) is 2.01. The topological polar surface area (TPSA) is 59.4 Å². The van der Waals surface area contributed by atoms with Gasteiger partial charge in [0.25, 0.3) is 0 Å². The van der Waals surface area contributed by atoms with E-state index >= 15 is 0 Å². The third kappa shape index (κ3) is 3.40. The number of rotatable bonds is 3. The van der Waals surface area contributed by atoms with Gasteiger partial charge in [-0.3, -0.25) is 0 Å². The number of nitrogens with zero attached hydrogens (tertiary/aromatic N) is 1. The Balaban J connectivity index is 2.40. The lowest BCUT2D eigenvalue weighted by molar-refractivity contribution is 0.0692. The Labute approximate surface area is 124 Å². The van der Waals surface area contributed by atoms with Crippen molar-refractivity contribution in [2.75, 3.05) is 0 Å². The summed E-state index contributed by atoms with van der Waals surface area (Å²) in [5.41, 5.74) is 1.83. The van der Waals surface area contributed by atoms with E-state index in [1.54, 1.807) is 25.3 Å². The number of carboxylic acid groups (broad SMARTS) is 1. The predicted octanol–water partition coefficient (Wildman–Crippen LogP) is 4.18. The Morgan fingerprint density at radius 3 is 2.57 bits per heavy atom.